The number of hydrogen-bond donors (Lipinski definition) is 1. The largest absolute Gasteiger partial charge is 0.347 e. The van der Waals surface area contributed by atoms with Gasteiger partial charge in [-0.1, -0.05) is 0 Å². The van der Waals surface area contributed by atoms with E-state index in [4.69, 9.17) is 0 Å². The molecule has 0 unspecified atom stereocenters. The molecule has 5 nitrogen and oxygen atoms in total. The van der Waals surface area contributed by atoms with Crippen molar-refractivity contribution < 1.29 is 18.0 Å². The van der Waals surface area contributed by atoms with Crippen LogP contribution in [-0.4, -0.2) is 39.3 Å². The molecule has 1 heterocycles. The van der Waals surface area contributed by atoms with Crippen molar-refractivity contribution in [1.82, 2.24) is 20.1 Å². The first-order valence-electron chi connectivity index (χ1n) is 6.57. The van der Waals surface area contributed by atoms with Crippen LogP contribution in [0.2, 0.25) is 0 Å². The Kier molecular flexibility index (Phi) is 4.29. The van der Waals surface area contributed by atoms with Crippen LogP contribution >= 0.6 is 0 Å². The summed E-state index contributed by atoms with van der Waals surface area (Å²) in [7, 11) is 0. The van der Waals surface area contributed by atoms with Crippen molar-refractivity contribution in [2.75, 3.05) is 6.67 Å². The van der Waals surface area contributed by atoms with Gasteiger partial charge in [0.05, 0.1) is 6.54 Å². The van der Waals surface area contributed by atoms with Crippen molar-refractivity contribution in [3.05, 3.63) is 11.6 Å². The van der Waals surface area contributed by atoms with Crippen molar-refractivity contribution in [3.63, 3.8) is 0 Å². The quantitative estimate of drug-likeness (QED) is 0.921. The van der Waals surface area contributed by atoms with Crippen LogP contribution in [0.15, 0.2) is 0 Å². The molecule has 1 aromatic heterocycles. The molecule has 0 bridgehead atoms. The number of aromatic nitrogens is 3. The number of nitrogens with one attached hydrogen (secondary N) is 1. The van der Waals surface area contributed by atoms with Gasteiger partial charge >= 0.3 is 0 Å². The fourth-order valence-electron chi connectivity index (χ4n) is 2.29. The van der Waals surface area contributed by atoms with E-state index in [1.807, 2.05) is 0 Å². The van der Waals surface area contributed by atoms with Crippen LogP contribution in [0.5, 0.6) is 0 Å². The molecule has 1 aliphatic rings. The Morgan fingerprint density at radius 2 is 2.10 bits per heavy atom. The second-order valence-corrected chi connectivity index (χ2v) is 5.00. The minimum atomic E-state index is -2.63. The maximum absolute atomic E-state index is 13.0. The Bertz CT molecular complexity index is 479. The lowest BCUT2D eigenvalue weighted by Gasteiger charge is -2.28. The summed E-state index contributed by atoms with van der Waals surface area (Å²) in [6.45, 7) is 0.901. The standard InChI is InChI=1S/C12H17F3N4O/c1-8-16-10(19(18-8)7-6-13)11(20)17-9-2-4-12(14,15)5-3-9/h9H,2-7H2,1H3,(H,17,20). The zero-order valence-corrected chi connectivity index (χ0v) is 11.2. The number of amides is 1. The molecule has 0 aliphatic heterocycles. The van der Waals surface area contributed by atoms with Crippen LogP contribution in [0.1, 0.15) is 42.1 Å². The van der Waals surface area contributed by atoms with Gasteiger partial charge in [0.25, 0.3) is 5.91 Å². The molecule has 112 valence electrons. The van der Waals surface area contributed by atoms with Crippen LogP contribution in [0, 0.1) is 6.92 Å². The van der Waals surface area contributed by atoms with E-state index >= 15 is 0 Å². The van der Waals surface area contributed by atoms with Gasteiger partial charge in [0, 0.05) is 18.9 Å². The van der Waals surface area contributed by atoms with Crippen molar-refractivity contribution in [1.29, 1.82) is 0 Å². The summed E-state index contributed by atoms with van der Waals surface area (Å²) in [4.78, 5) is 16.0. The summed E-state index contributed by atoms with van der Waals surface area (Å²) in [5.41, 5.74) is 0. The fraction of sp³-hybridized carbons (Fsp3) is 0.750. The molecule has 2 rings (SSSR count). The summed E-state index contributed by atoms with van der Waals surface area (Å²) in [5, 5.41) is 6.59. The molecule has 1 aliphatic carbocycles. The summed E-state index contributed by atoms with van der Waals surface area (Å²) in [5.74, 6) is -2.72. The van der Waals surface area contributed by atoms with Gasteiger partial charge in [0.15, 0.2) is 0 Å². The Hall–Kier alpha value is -1.60. The van der Waals surface area contributed by atoms with Crippen LogP contribution in [0.25, 0.3) is 0 Å². The number of aryl methyl sites for hydroxylation is 2. The van der Waals surface area contributed by atoms with Crippen LogP contribution in [0.4, 0.5) is 13.2 Å². The third-order valence-electron chi connectivity index (χ3n) is 3.33. The van der Waals surface area contributed by atoms with E-state index in [9.17, 15) is 18.0 Å². The summed E-state index contributed by atoms with van der Waals surface area (Å²) >= 11 is 0. The van der Waals surface area contributed by atoms with Crippen LogP contribution in [0.3, 0.4) is 0 Å². The van der Waals surface area contributed by atoms with Gasteiger partial charge in [0.2, 0.25) is 11.7 Å². The van der Waals surface area contributed by atoms with Gasteiger partial charge in [0.1, 0.15) is 12.5 Å². The fourth-order valence-corrected chi connectivity index (χ4v) is 2.29. The number of halogens is 3. The highest BCUT2D eigenvalue weighted by Crippen LogP contribution is 2.33. The normalized spacial score (nSPS) is 19.0. The van der Waals surface area contributed by atoms with Gasteiger partial charge in [-0.05, 0) is 19.8 Å². The minimum Gasteiger partial charge on any atom is -0.347 e. The van der Waals surface area contributed by atoms with E-state index in [2.05, 4.69) is 15.4 Å². The van der Waals surface area contributed by atoms with Crippen molar-refractivity contribution in [2.24, 2.45) is 0 Å². The smallest absolute Gasteiger partial charge is 0.289 e. The number of alkyl halides is 3. The average molecular weight is 290 g/mol. The number of rotatable bonds is 4. The van der Waals surface area contributed by atoms with Crippen LogP contribution < -0.4 is 5.32 Å². The SMILES string of the molecule is Cc1nc(C(=O)NC2CCC(F)(F)CC2)n(CCF)n1. The maximum atomic E-state index is 13.0. The van der Waals surface area contributed by atoms with E-state index in [1.54, 1.807) is 6.92 Å². The molecule has 0 atom stereocenters. The van der Waals surface area contributed by atoms with Gasteiger partial charge < -0.3 is 5.32 Å². The van der Waals surface area contributed by atoms with Crippen molar-refractivity contribution in [3.8, 4) is 0 Å². The highest BCUT2D eigenvalue weighted by molar-refractivity contribution is 5.90. The lowest BCUT2D eigenvalue weighted by Crippen LogP contribution is -2.41. The van der Waals surface area contributed by atoms with E-state index in [-0.39, 0.29) is 44.1 Å². The summed E-state index contributed by atoms with van der Waals surface area (Å²) < 4.78 is 39.6. The summed E-state index contributed by atoms with van der Waals surface area (Å²) in [6.07, 6.45) is 0.00618. The zero-order valence-electron chi connectivity index (χ0n) is 11.2. The number of hydrogen-bond acceptors (Lipinski definition) is 3. The lowest BCUT2D eigenvalue weighted by atomic mass is 9.92. The molecule has 8 heteroatoms. The van der Waals surface area contributed by atoms with E-state index in [1.165, 1.54) is 4.68 Å². The molecule has 1 amide bonds. The first kappa shape index (κ1) is 14.8. The third kappa shape index (κ3) is 3.49. The molecular formula is C12H17F3N4O. The van der Waals surface area contributed by atoms with Gasteiger partial charge in [-0.15, -0.1) is 0 Å². The van der Waals surface area contributed by atoms with E-state index < -0.39 is 18.5 Å². The third-order valence-corrected chi connectivity index (χ3v) is 3.33. The molecule has 0 radical (unpaired) electrons. The van der Waals surface area contributed by atoms with Gasteiger partial charge in [-0.3, -0.25) is 4.79 Å². The Morgan fingerprint density at radius 1 is 1.45 bits per heavy atom. The molecule has 1 N–H and O–H groups in total. The van der Waals surface area contributed by atoms with Gasteiger partial charge in [-0.25, -0.2) is 22.8 Å². The summed E-state index contributed by atoms with van der Waals surface area (Å²) in [6, 6.07) is -0.294. The number of nitrogens with zero attached hydrogens (tertiary/aromatic N) is 3. The molecule has 1 fully saturated rings. The first-order chi connectivity index (χ1) is 9.41. The van der Waals surface area contributed by atoms with Gasteiger partial charge in [-0.2, -0.15) is 5.10 Å². The monoisotopic (exact) mass is 290 g/mol. The highest BCUT2D eigenvalue weighted by atomic mass is 19.3. The van der Waals surface area contributed by atoms with Crippen molar-refractivity contribution >= 4 is 5.91 Å². The van der Waals surface area contributed by atoms with E-state index in [0.717, 1.165) is 0 Å². The Balaban J connectivity index is 1.98. The molecule has 0 aromatic carbocycles. The van der Waals surface area contributed by atoms with E-state index in [0.29, 0.717) is 5.82 Å². The maximum Gasteiger partial charge on any atom is 0.289 e. The lowest BCUT2D eigenvalue weighted by molar-refractivity contribution is -0.0399. The molecule has 20 heavy (non-hydrogen) atoms. The first-order valence-corrected chi connectivity index (χ1v) is 6.57. The molecule has 0 saturated heterocycles. The second kappa shape index (κ2) is 5.80. The van der Waals surface area contributed by atoms with Crippen LogP contribution in [-0.2, 0) is 6.54 Å². The Morgan fingerprint density at radius 3 is 2.70 bits per heavy atom. The van der Waals surface area contributed by atoms with Crippen molar-refractivity contribution in [2.45, 2.75) is 51.1 Å². The molecule has 1 aromatic rings. The highest BCUT2D eigenvalue weighted by Gasteiger charge is 2.35. The predicted octanol–water partition coefficient (Wildman–Crippen LogP) is 1.86. The average Bonchev–Trinajstić information content (AvgIpc) is 2.74. The number of carbonyl (C=O) groups is 1. The molecule has 1 saturated carbocycles. The topological polar surface area (TPSA) is 59.8 Å². The second-order valence-electron chi connectivity index (χ2n) is 5.00. The number of carbonyl (C=O) groups excluding carboxylic acids is 1. The predicted molar refractivity (Wildman–Crippen MR) is 65.4 cm³/mol. The zero-order chi connectivity index (χ0) is 14.8. The molecular weight excluding hydrogens is 273 g/mol. The Labute approximate surface area is 114 Å². The minimum absolute atomic E-state index is 0.0254. The molecule has 0 spiro atoms.